The van der Waals surface area contributed by atoms with Gasteiger partial charge in [0.15, 0.2) is 0 Å². The molecule has 5 nitrogen and oxygen atoms in total. The van der Waals surface area contributed by atoms with E-state index in [9.17, 15) is 0 Å². The number of hydrogen-bond donors (Lipinski definition) is 0. The molecule has 3 rings (SSSR count). The van der Waals surface area contributed by atoms with Crippen LogP contribution in [0.3, 0.4) is 0 Å². The first-order valence-electron chi connectivity index (χ1n) is 9.85. The summed E-state index contributed by atoms with van der Waals surface area (Å²) >= 11 is 11.1. The molecule has 0 amide bonds. The van der Waals surface area contributed by atoms with Crippen molar-refractivity contribution in [2.75, 3.05) is 20.3 Å². The van der Waals surface area contributed by atoms with E-state index in [4.69, 9.17) is 42.3 Å². The van der Waals surface area contributed by atoms with Crippen molar-refractivity contribution in [2.24, 2.45) is 5.16 Å². The van der Waals surface area contributed by atoms with Crippen molar-refractivity contribution in [2.45, 2.75) is 6.92 Å². The molecule has 7 heteroatoms. The van der Waals surface area contributed by atoms with E-state index in [1.165, 1.54) is 12.7 Å². The molecule has 0 aromatic heterocycles. The molecule has 0 fully saturated rings. The lowest BCUT2D eigenvalue weighted by Gasteiger charge is -2.11. The molecule has 0 atom stereocenters. The van der Waals surface area contributed by atoms with Crippen LogP contribution in [0, 0.1) is 6.92 Å². The third kappa shape index (κ3) is 7.52. The van der Waals surface area contributed by atoms with Gasteiger partial charge in [0, 0.05) is 5.56 Å². The summed E-state index contributed by atoms with van der Waals surface area (Å²) in [7, 11) is 1.52. The first-order chi connectivity index (χ1) is 15.5. The Morgan fingerprint density at radius 1 is 0.781 bits per heavy atom. The van der Waals surface area contributed by atoms with E-state index >= 15 is 0 Å². The van der Waals surface area contributed by atoms with Gasteiger partial charge >= 0.3 is 0 Å². The maximum atomic E-state index is 5.87. The van der Waals surface area contributed by atoms with Crippen LogP contribution in [0.25, 0.3) is 0 Å². The minimum atomic E-state index is 0.176. The van der Waals surface area contributed by atoms with Gasteiger partial charge in [0.25, 0.3) is 0 Å². The number of ether oxygens (including phenoxy) is 3. The Hall–Kier alpha value is -3.15. The van der Waals surface area contributed by atoms with Crippen LogP contribution in [0.4, 0.5) is 0 Å². The highest BCUT2D eigenvalue weighted by Gasteiger charge is 2.07. The maximum Gasteiger partial charge on any atom is 0.134 e. The molecular weight excluding hydrogens is 449 g/mol. The van der Waals surface area contributed by atoms with E-state index in [1.54, 1.807) is 6.08 Å². The van der Waals surface area contributed by atoms with Crippen LogP contribution in [0.15, 0.2) is 88.5 Å². The van der Waals surface area contributed by atoms with E-state index in [0.717, 1.165) is 5.56 Å². The molecule has 0 N–H and O–H groups in total. The Labute approximate surface area is 197 Å². The molecule has 0 aliphatic heterocycles. The standard InChI is InChI=1S/C25H23Cl2NO4/c1-18-3-5-19(6-4-18)24(28-29-2)17-31-21-9-13-23(14-10-21)32-22-11-7-20(8-12-22)30-16-15-25(26)27/h3-15H,16-17H2,1-2H3. The topological polar surface area (TPSA) is 49.3 Å². The Bertz CT molecular complexity index is 1040. The van der Waals surface area contributed by atoms with Gasteiger partial charge in [-0.3, -0.25) is 0 Å². The number of rotatable bonds is 10. The van der Waals surface area contributed by atoms with Gasteiger partial charge in [0.05, 0.1) is 0 Å². The summed E-state index contributed by atoms with van der Waals surface area (Å²) in [6.07, 6.45) is 1.57. The summed E-state index contributed by atoms with van der Waals surface area (Å²) < 4.78 is 17.4. The van der Waals surface area contributed by atoms with Gasteiger partial charge in [0.1, 0.15) is 53.5 Å². The van der Waals surface area contributed by atoms with Crippen LogP contribution < -0.4 is 14.2 Å². The van der Waals surface area contributed by atoms with Crippen molar-refractivity contribution in [3.8, 4) is 23.0 Å². The van der Waals surface area contributed by atoms with Crippen LogP contribution in [-0.2, 0) is 4.84 Å². The number of hydrogen-bond acceptors (Lipinski definition) is 5. The van der Waals surface area contributed by atoms with E-state index in [-0.39, 0.29) is 11.1 Å². The highest BCUT2D eigenvalue weighted by Crippen LogP contribution is 2.26. The predicted molar refractivity (Wildman–Crippen MR) is 128 cm³/mol. The lowest BCUT2D eigenvalue weighted by molar-refractivity contribution is 0.210. The zero-order chi connectivity index (χ0) is 22.8. The van der Waals surface area contributed by atoms with Gasteiger partial charge in [0.2, 0.25) is 0 Å². The molecule has 0 bridgehead atoms. The van der Waals surface area contributed by atoms with Gasteiger partial charge in [-0.15, -0.1) is 0 Å². The molecule has 0 aliphatic carbocycles. The normalized spacial score (nSPS) is 10.9. The van der Waals surface area contributed by atoms with Crippen LogP contribution in [-0.4, -0.2) is 26.0 Å². The first-order valence-corrected chi connectivity index (χ1v) is 10.6. The van der Waals surface area contributed by atoms with E-state index in [2.05, 4.69) is 5.16 Å². The average molecular weight is 472 g/mol. The largest absolute Gasteiger partial charge is 0.489 e. The third-order valence-electron chi connectivity index (χ3n) is 4.33. The lowest BCUT2D eigenvalue weighted by Crippen LogP contribution is -2.13. The number of benzene rings is 3. The molecule has 0 aliphatic rings. The third-order valence-corrected chi connectivity index (χ3v) is 4.64. The van der Waals surface area contributed by atoms with Gasteiger partial charge in [-0.25, -0.2) is 0 Å². The number of halogens is 2. The minimum absolute atomic E-state index is 0.176. The zero-order valence-corrected chi connectivity index (χ0v) is 19.3. The summed E-state index contributed by atoms with van der Waals surface area (Å²) in [4.78, 5) is 4.97. The fourth-order valence-electron chi connectivity index (χ4n) is 2.72. The molecule has 0 heterocycles. The van der Waals surface area contributed by atoms with E-state index < -0.39 is 0 Å². The fourth-order valence-corrected chi connectivity index (χ4v) is 2.84. The SMILES string of the molecule is CON=C(COc1ccc(Oc2ccc(OCC=C(Cl)Cl)cc2)cc1)c1ccc(C)cc1. The quantitative estimate of drug-likeness (QED) is 0.238. The second-order valence-corrected chi connectivity index (χ2v) is 7.73. The summed E-state index contributed by atoms with van der Waals surface area (Å²) in [6.45, 7) is 2.61. The summed E-state index contributed by atoms with van der Waals surface area (Å²) in [5, 5.41) is 4.09. The average Bonchev–Trinajstić information content (AvgIpc) is 2.79. The smallest absolute Gasteiger partial charge is 0.134 e. The zero-order valence-electron chi connectivity index (χ0n) is 17.8. The van der Waals surface area contributed by atoms with Gasteiger partial charge in [-0.2, -0.15) is 0 Å². The van der Waals surface area contributed by atoms with Crippen LogP contribution >= 0.6 is 23.2 Å². The van der Waals surface area contributed by atoms with Crippen molar-refractivity contribution in [3.05, 3.63) is 94.5 Å². The molecule has 0 saturated carbocycles. The lowest BCUT2D eigenvalue weighted by atomic mass is 10.1. The molecule has 166 valence electrons. The summed E-state index contributed by atoms with van der Waals surface area (Å²) in [5.74, 6) is 2.76. The van der Waals surface area contributed by atoms with Gasteiger partial charge in [-0.1, -0.05) is 58.2 Å². The van der Waals surface area contributed by atoms with Crippen LogP contribution in [0.2, 0.25) is 0 Å². The Morgan fingerprint density at radius 3 is 1.84 bits per heavy atom. The number of oxime groups is 1. The van der Waals surface area contributed by atoms with Crippen molar-refractivity contribution < 1.29 is 19.0 Å². The molecule has 3 aromatic rings. The maximum absolute atomic E-state index is 5.87. The van der Waals surface area contributed by atoms with Crippen LogP contribution in [0.1, 0.15) is 11.1 Å². The van der Waals surface area contributed by atoms with Gasteiger partial charge in [-0.05, 0) is 61.5 Å². The molecule has 0 unspecified atom stereocenters. The van der Waals surface area contributed by atoms with Crippen molar-refractivity contribution in [1.29, 1.82) is 0 Å². The Kier molecular flexibility index (Phi) is 8.84. The molecular formula is C25H23Cl2NO4. The second-order valence-electron chi connectivity index (χ2n) is 6.72. The number of aryl methyl sites for hydroxylation is 1. The second kappa shape index (κ2) is 12.0. The molecule has 3 aromatic carbocycles. The minimum Gasteiger partial charge on any atom is -0.489 e. The first kappa shape index (κ1) is 23.5. The monoisotopic (exact) mass is 471 g/mol. The molecule has 0 saturated heterocycles. The fraction of sp³-hybridized carbons (Fsp3) is 0.160. The van der Waals surface area contributed by atoms with Crippen molar-refractivity contribution in [3.63, 3.8) is 0 Å². The highest BCUT2D eigenvalue weighted by atomic mass is 35.5. The predicted octanol–water partition coefficient (Wildman–Crippen LogP) is 6.91. The van der Waals surface area contributed by atoms with Crippen molar-refractivity contribution in [1.82, 2.24) is 0 Å². The molecule has 0 radical (unpaired) electrons. The van der Waals surface area contributed by atoms with Crippen LogP contribution in [0.5, 0.6) is 23.0 Å². The number of nitrogens with zero attached hydrogens (tertiary/aromatic N) is 1. The van der Waals surface area contributed by atoms with E-state index in [0.29, 0.717) is 35.3 Å². The van der Waals surface area contributed by atoms with Gasteiger partial charge < -0.3 is 19.0 Å². The molecule has 32 heavy (non-hydrogen) atoms. The highest BCUT2D eigenvalue weighted by molar-refractivity contribution is 6.55. The Balaban J connectivity index is 1.55. The van der Waals surface area contributed by atoms with Crippen molar-refractivity contribution >= 4 is 28.9 Å². The van der Waals surface area contributed by atoms with E-state index in [1.807, 2.05) is 79.7 Å². The molecule has 0 spiro atoms. The Morgan fingerprint density at radius 2 is 1.31 bits per heavy atom. The summed E-state index contributed by atoms with van der Waals surface area (Å²) in [6, 6.07) is 22.7. The summed E-state index contributed by atoms with van der Waals surface area (Å²) in [5.41, 5.74) is 2.84.